The molecule has 98 valence electrons. The van der Waals surface area contributed by atoms with Crippen molar-refractivity contribution in [3.63, 3.8) is 0 Å². The first-order chi connectivity index (χ1) is 8.66. The van der Waals surface area contributed by atoms with Gasteiger partial charge < -0.3 is 16.4 Å². The maximum absolute atomic E-state index is 11.1. The molecule has 4 nitrogen and oxygen atoms in total. The summed E-state index contributed by atoms with van der Waals surface area (Å²) in [4.78, 5) is 11.1. The number of nitrogens with two attached hydrogens (primary N) is 1. The van der Waals surface area contributed by atoms with Crippen molar-refractivity contribution in [2.75, 3.05) is 25.0 Å². The Morgan fingerprint density at radius 3 is 2.83 bits per heavy atom. The molecule has 1 aromatic carbocycles. The van der Waals surface area contributed by atoms with E-state index in [1.165, 1.54) is 12.8 Å². The van der Waals surface area contributed by atoms with Gasteiger partial charge in [0.25, 0.3) is 0 Å². The minimum absolute atomic E-state index is 0.434. The highest BCUT2D eigenvalue weighted by Crippen LogP contribution is 2.24. The van der Waals surface area contributed by atoms with E-state index >= 15 is 0 Å². The summed E-state index contributed by atoms with van der Waals surface area (Å²) < 4.78 is 0. The van der Waals surface area contributed by atoms with Gasteiger partial charge in [0.15, 0.2) is 0 Å². The lowest BCUT2D eigenvalue weighted by molar-refractivity contribution is 0.100. The van der Waals surface area contributed by atoms with Gasteiger partial charge in [0.1, 0.15) is 0 Å². The van der Waals surface area contributed by atoms with Crippen molar-refractivity contribution in [1.29, 1.82) is 0 Å². The van der Waals surface area contributed by atoms with Crippen LogP contribution in [-0.2, 0) is 0 Å². The Morgan fingerprint density at radius 2 is 2.17 bits per heavy atom. The number of benzene rings is 1. The molecule has 0 unspecified atom stereocenters. The Hall–Kier alpha value is -1.26. The number of hydrogen-bond acceptors (Lipinski definition) is 3. The van der Waals surface area contributed by atoms with Crippen LogP contribution in [0.1, 0.15) is 23.2 Å². The van der Waals surface area contributed by atoms with Crippen molar-refractivity contribution < 1.29 is 4.79 Å². The van der Waals surface area contributed by atoms with Crippen LogP contribution >= 0.6 is 11.6 Å². The molecule has 1 fully saturated rings. The summed E-state index contributed by atoms with van der Waals surface area (Å²) in [5, 5.41) is 7.26. The van der Waals surface area contributed by atoms with Crippen LogP contribution in [0.4, 0.5) is 5.69 Å². The number of hydrogen-bond donors (Lipinski definition) is 3. The molecule has 0 saturated carbocycles. The average molecular weight is 268 g/mol. The number of anilines is 1. The predicted molar refractivity (Wildman–Crippen MR) is 74.1 cm³/mol. The first-order valence-electron chi connectivity index (χ1n) is 6.21. The zero-order valence-electron chi connectivity index (χ0n) is 10.2. The van der Waals surface area contributed by atoms with Crippen LogP contribution in [0, 0.1) is 5.92 Å². The lowest BCUT2D eigenvalue weighted by atomic mass is 9.98. The summed E-state index contributed by atoms with van der Waals surface area (Å²) in [5.41, 5.74) is 6.52. The molecule has 1 amide bonds. The highest BCUT2D eigenvalue weighted by Gasteiger charge is 2.13. The Labute approximate surface area is 112 Å². The topological polar surface area (TPSA) is 67.2 Å². The molecular formula is C13H18ClN3O. The van der Waals surface area contributed by atoms with Gasteiger partial charge in [-0.05, 0) is 50.0 Å². The molecule has 0 radical (unpaired) electrons. The van der Waals surface area contributed by atoms with E-state index in [-0.39, 0.29) is 0 Å². The summed E-state index contributed by atoms with van der Waals surface area (Å²) >= 11 is 6.09. The number of carbonyl (C=O) groups is 1. The smallest absolute Gasteiger partial charge is 0.248 e. The third-order valence-corrected chi connectivity index (χ3v) is 3.62. The van der Waals surface area contributed by atoms with Gasteiger partial charge in [0, 0.05) is 12.1 Å². The van der Waals surface area contributed by atoms with Crippen molar-refractivity contribution in [1.82, 2.24) is 5.32 Å². The van der Waals surface area contributed by atoms with E-state index in [0.29, 0.717) is 16.5 Å². The number of rotatable bonds is 4. The highest BCUT2D eigenvalue weighted by molar-refractivity contribution is 6.33. The van der Waals surface area contributed by atoms with Crippen molar-refractivity contribution in [2.45, 2.75) is 12.8 Å². The standard InChI is InChI=1S/C13H18ClN3O/c14-11-2-1-10(13(15)18)7-12(11)17-8-9-3-5-16-6-4-9/h1-2,7,9,16-17H,3-6,8H2,(H2,15,18). The first kappa shape index (κ1) is 13.2. The third kappa shape index (κ3) is 3.37. The molecule has 0 aliphatic carbocycles. The van der Waals surface area contributed by atoms with Crippen molar-refractivity contribution in [2.24, 2.45) is 11.7 Å². The largest absolute Gasteiger partial charge is 0.384 e. The molecule has 18 heavy (non-hydrogen) atoms. The second-order valence-corrected chi connectivity index (χ2v) is 5.04. The minimum atomic E-state index is -0.434. The van der Waals surface area contributed by atoms with Gasteiger partial charge >= 0.3 is 0 Å². The molecule has 5 heteroatoms. The van der Waals surface area contributed by atoms with Gasteiger partial charge in [-0.3, -0.25) is 4.79 Å². The van der Waals surface area contributed by atoms with E-state index in [2.05, 4.69) is 10.6 Å². The molecule has 0 atom stereocenters. The van der Waals surface area contributed by atoms with E-state index in [1.54, 1.807) is 18.2 Å². The van der Waals surface area contributed by atoms with Gasteiger partial charge in [0.2, 0.25) is 5.91 Å². The van der Waals surface area contributed by atoms with E-state index in [0.717, 1.165) is 25.3 Å². The maximum atomic E-state index is 11.1. The molecule has 2 rings (SSSR count). The summed E-state index contributed by atoms with van der Waals surface area (Å²) in [7, 11) is 0. The van der Waals surface area contributed by atoms with Gasteiger partial charge in [0.05, 0.1) is 10.7 Å². The summed E-state index contributed by atoms with van der Waals surface area (Å²) in [5.74, 6) is 0.219. The Balaban J connectivity index is 1.99. The fourth-order valence-corrected chi connectivity index (χ4v) is 2.34. The monoisotopic (exact) mass is 267 g/mol. The van der Waals surface area contributed by atoms with Crippen molar-refractivity contribution in [3.05, 3.63) is 28.8 Å². The second kappa shape index (κ2) is 6.07. The quantitative estimate of drug-likeness (QED) is 0.780. The summed E-state index contributed by atoms with van der Waals surface area (Å²) in [6, 6.07) is 5.05. The fraction of sp³-hybridized carbons (Fsp3) is 0.462. The fourth-order valence-electron chi connectivity index (χ4n) is 2.15. The minimum Gasteiger partial charge on any atom is -0.384 e. The molecule has 4 N–H and O–H groups in total. The lowest BCUT2D eigenvalue weighted by Crippen LogP contribution is -2.31. The Morgan fingerprint density at radius 1 is 1.44 bits per heavy atom. The molecule has 0 aromatic heterocycles. The van der Waals surface area contributed by atoms with Crippen LogP contribution in [-0.4, -0.2) is 25.5 Å². The molecule has 1 aliphatic rings. The molecule has 0 bridgehead atoms. The van der Waals surface area contributed by atoms with Gasteiger partial charge in [-0.1, -0.05) is 11.6 Å². The SMILES string of the molecule is NC(=O)c1ccc(Cl)c(NCC2CCNCC2)c1. The van der Waals surface area contributed by atoms with Crippen LogP contribution in [0.15, 0.2) is 18.2 Å². The molecule has 0 spiro atoms. The van der Waals surface area contributed by atoms with E-state index in [1.807, 2.05) is 0 Å². The zero-order chi connectivity index (χ0) is 13.0. The van der Waals surface area contributed by atoms with Crippen molar-refractivity contribution >= 4 is 23.2 Å². The van der Waals surface area contributed by atoms with Crippen LogP contribution in [0.25, 0.3) is 0 Å². The zero-order valence-corrected chi connectivity index (χ0v) is 11.0. The normalized spacial score (nSPS) is 16.5. The van der Waals surface area contributed by atoms with E-state index in [9.17, 15) is 4.79 Å². The van der Waals surface area contributed by atoms with Gasteiger partial charge in [-0.15, -0.1) is 0 Å². The number of piperidine rings is 1. The molecule has 1 aromatic rings. The van der Waals surface area contributed by atoms with Crippen molar-refractivity contribution in [3.8, 4) is 0 Å². The summed E-state index contributed by atoms with van der Waals surface area (Å²) in [6.45, 7) is 3.02. The summed E-state index contributed by atoms with van der Waals surface area (Å²) in [6.07, 6.45) is 2.33. The number of primary amides is 1. The molecular weight excluding hydrogens is 250 g/mol. The average Bonchev–Trinajstić information content (AvgIpc) is 2.38. The first-order valence-corrected chi connectivity index (χ1v) is 6.58. The van der Waals surface area contributed by atoms with Crippen LogP contribution in [0.3, 0.4) is 0 Å². The Kier molecular flexibility index (Phi) is 4.44. The molecule has 1 saturated heterocycles. The van der Waals surface area contributed by atoms with E-state index < -0.39 is 5.91 Å². The highest BCUT2D eigenvalue weighted by atomic mass is 35.5. The molecule has 1 heterocycles. The maximum Gasteiger partial charge on any atom is 0.248 e. The number of halogens is 1. The second-order valence-electron chi connectivity index (χ2n) is 4.63. The molecule has 1 aliphatic heterocycles. The van der Waals surface area contributed by atoms with Gasteiger partial charge in [-0.2, -0.15) is 0 Å². The third-order valence-electron chi connectivity index (χ3n) is 3.29. The number of nitrogens with one attached hydrogen (secondary N) is 2. The van der Waals surface area contributed by atoms with Gasteiger partial charge in [-0.25, -0.2) is 0 Å². The van der Waals surface area contributed by atoms with Crippen LogP contribution in [0.2, 0.25) is 5.02 Å². The number of amides is 1. The lowest BCUT2D eigenvalue weighted by Gasteiger charge is -2.23. The number of carbonyl (C=O) groups excluding carboxylic acids is 1. The van der Waals surface area contributed by atoms with Crippen LogP contribution in [0.5, 0.6) is 0 Å². The predicted octanol–water partition coefficient (Wildman–Crippen LogP) is 1.85. The Bertz CT molecular complexity index is 430. The van der Waals surface area contributed by atoms with Crippen LogP contribution < -0.4 is 16.4 Å². The van der Waals surface area contributed by atoms with E-state index in [4.69, 9.17) is 17.3 Å².